The largest absolute Gasteiger partial charge is 0.455 e. The Morgan fingerprint density at radius 1 is 0.309 bits per heavy atom. The van der Waals surface area contributed by atoms with Crippen LogP contribution in [0.2, 0.25) is 0 Å². The number of benzene rings is 9. The number of hydrogen-bond donors (Lipinski definition) is 0. The minimum absolute atomic E-state index is 0.592. The van der Waals surface area contributed by atoms with Crippen molar-refractivity contribution in [1.82, 2.24) is 15.0 Å². The Balaban J connectivity index is 1.12. The minimum Gasteiger partial charge on any atom is -0.455 e. The van der Waals surface area contributed by atoms with Gasteiger partial charge in [0.2, 0.25) is 0 Å². The Hall–Kier alpha value is -7.43. The highest BCUT2D eigenvalue weighted by atomic mass is 16.3. The highest BCUT2D eigenvalue weighted by Gasteiger charge is 2.21. The molecule has 11 aromatic rings. The summed E-state index contributed by atoms with van der Waals surface area (Å²) in [5, 5.41) is 8.97. The average Bonchev–Trinajstić information content (AvgIpc) is 3.65. The zero-order valence-electron chi connectivity index (χ0n) is 29.6. The van der Waals surface area contributed by atoms with Gasteiger partial charge in [0.05, 0.1) is 0 Å². The molecule has 0 amide bonds. The molecule has 0 saturated heterocycles. The molecule has 0 aliphatic rings. The first-order valence-electron chi connectivity index (χ1n) is 18.5. The van der Waals surface area contributed by atoms with Gasteiger partial charge < -0.3 is 4.42 Å². The summed E-state index contributed by atoms with van der Waals surface area (Å²) in [5.41, 5.74) is 8.98. The lowest BCUT2D eigenvalue weighted by molar-refractivity contribution is 0.673. The first-order valence-corrected chi connectivity index (χ1v) is 18.5. The summed E-state index contributed by atoms with van der Waals surface area (Å²) in [4.78, 5) is 15.6. The second-order valence-electron chi connectivity index (χ2n) is 14.0. The van der Waals surface area contributed by atoms with E-state index in [1.165, 1.54) is 21.7 Å². The van der Waals surface area contributed by atoms with Gasteiger partial charge in [-0.05, 0) is 73.5 Å². The van der Waals surface area contributed by atoms with Crippen molar-refractivity contribution >= 4 is 54.3 Å². The Morgan fingerprint density at radius 2 is 0.873 bits per heavy atom. The molecule has 2 aromatic heterocycles. The van der Waals surface area contributed by atoms with Crippen LogP contribution in [-0.4, -0.2) is 15.0 Å². The predicted octanol–water partition coefficient (Wildman–Crippen LogP) is 13.6. The molecule has 0 bridgehead atoms. The van der Waals surface area contributed by atoms with Crippen molar-refractivity contribution < 1.29 is 4.42 Å². The Morgan fingerprint density at radius 3 is 1.62 bits per heavy atom. The molecule has 0 fully saturated rings. The summed E-state index contributed by atoms with van der Waals surface area (Å²) >= 11 is 0. The lowest BCUT2D eigenvalue weighted by atomic mass is 9.94. The summed E-state index contributed by atoms with van der Waals surface area (Å²) < 4.78 is 6.71. The number of hydrogen-bond acceptors (Lipinski definition) is 4. The van der Waals surface area contributed by atoms with Crippen molar-refractivity contribution in [2.24, 2.45) is 0 Å². The topological polar surface area (TPSA) is 51.8 Å². The molecule has 4 nitrogen and oxygen atoms in total. The third-order valence-corrected chi connectivity index (χ3v) is 10.7. The fraction of sp³-hybridized carbons (Fsp3) is 0. The van der Waals surface area contributed by atoms with Gasteiger partial charge in [-0.2, -0.15) is 0 Å². The third-order valence-electron chi connectivity index (χ3n) is 10.7. The van der Waals surface area contributed by atoms with E-state index >= 15 is 0 Å². The van der Waals surface area contributed by atoms with Crippen LogP contribution in [0.4, 0.5) is 0 Å². The van der Waals surface area contributed by atoms with E-state index < -0.39 is 0 Å². The first kappa shape index (κ1) is 31.1. The maximum Gasteiger partial charge on any atom is 0.164 e. The normalized spacial score (nSPS) is 11.6. The molecule has 11 rings (SSSR count). The summed E-state index contributed by atoms with van der Waals surface area (Å²) in [6, 6.07) is 65.8. The summed E-state index contributed by atoms with van der Waals surface area (Å²) in [7, 11) is 0. The van der Waals surface area contributed by atoms with Gasteiger partial charge >= 0.3 is 0 Å². The van der Waals surface area contributed by atoms with Gasteiger partial charge in [-0.15, -0.1) is 0 Å². The molecule has 0 unspecified atom stereocenters. The van der Waals surface area contributed by atoms with Gasteiger partial charge in [0.25, 0.3) is 0 Å². The number of rotatable bonds is 5. The van der Waals surface area contributed by atoms with Gasteiger partial charge in [0.1, 0.15) is 11.2 Å². The molecule has 0 radical (unpaired) electrons. The lowest BCUT2D eigenvalue weighted by Crippen LogP contribution is -2.00. The average molecular weight is 702 g/mol. The van der Waals surface area contributed by atoms with E-state index in [1.54, 1.807) is 0 Å². The van der Waals surface area contributed by atoms with E-state index in [0.29, 0.717) is 17.5 Å². The standard InChI is InChI=1S/C51H31N3O/c1-2-13-35(14-3-1)44-31-45-47-43(19-10-20-46(47)55-48(45)42-18-9-8-17-41(42)44)51-53-49(52-50(54-51)40-28-24-33-12-5-7-16-38(33)30-40)36-25-21-34(22-26-36)39-27-23-32-11-4-6-15-37(32)29-39/h1-31H. The smallest absolute Gasteiger partial charge is 0.164 e. The highest BCUT2D eigenvalue weighted by molar-refractivity contribution is 6.22. The Labute approximate surface area is 317 Å². The Bertz CT molecular complexity index is 3260. The molecule has 55 heavy (non-hydrogen) atoms. The second kappa shape index (κ2) is 12.6. The van der Waals surface area contributed by atoms with Crippen LogP contribution in [0.3, 0.4) is 0 Å². The van der Waals surface area contributed by atoms with E-state index in [4.69, 9.17) is 19.4 Å². The van der Waals surface area contributed by atoms with Crippen LogP contribution in [-0.2, 0) is 0 Å². The van der Waals surface area contributed by atoms with Crippen molar-refractivity contribution in [2.75, 3.05) is 0 Å². The van der Waals surface area contributed by atoms with Gasteiger partial charge in [-0.25, -0.2) is 15.0 Å². The first-order chi connectivity index (χ1) is 27.2. The molecular formula is C51H31N3O. The minimum atomic E-state index is 0.592. The number of furan rings is 1. The fourth-order valence-electron chi connectivity index (χ4n) is 7.95. The van der Waals surface area contributed by atoms with Gasteiger partial charge in [0.15, 0.2) is 17.5 Å². The molecular weight excluding hydrogens is 671 g/mol. The van der Waals surface area contributed by atoms with Gasteiger partial charge in [0, 0.05) is 32.8 Å². The maximum absolute atomic E-state index is 6.71. The SMILES string of the molecule is c1ccc(-c2cc3c(oc4cccc(-c5nc(-c6ccc(-c7ccc8ccccc8c7)cc6)nc(-c6ccc7ccccc7c6)n5)c43)c3ccccc23)cc1. The van der Waals surface area contributed by atoms with Gasteiger partial charge in [-0.1, -0.05) is 164 Å². The van der Waals surface area contributed by atoms with E-state index in [-0.39, 0.29) is 0 Å². The van der Waals surface area contributed by atoms with E-state index in [1.807, 2.05) is 12.1 Å². The molecule has 0 aliphatic carbocycles. The summed E-state index contributed by atoms with van der Waals surface area (Å²) in [6.07, 6.45) is 0. The van der Waals surface area contributed by atoms with Crippen molar-refractivity contribution in [3.63, 3.8) is 0 Å². The molecule has 0 spiro atoms. The molecule has 0 saturated carbocycles. The zero-order valence-corrected chi connectivity index (χ0v) is 29.6. The molecule has 2 heterocycles. The fourth-order valence-corrected chi connectivity index (χ4v) is 7.95. The summed E-state index contributed by atoms with van der Waals surface area (Å²) in [6.45, 7) is 0. The molecule has 0 aliphatic heterocycles. The van der Waals surface area contributed by atoms with Crippen molar-refractivity contribution in [1.29, 1.82) is 0 Å². The molecule has 256 valence electrons. The van der Waals surface area contributed by atoms with E-state index in [0.717, 1.165) is 71.5 Å². The van der Waals surface area contributed by atoms with E-state index in [9.17, 15) is 0 Å². The number of aromatic nitrogens is 3. The van der Waals surface area contributed by atoms with Gasteiger partial charge in [-0.3, -0.25) is 0 Å². The Kier molecular flexibility index (Phi) is 7.14. The lowest BCUT2D eigenvalue weighted by Gasteiger charge is -2.11. The second-order valence-corrected chi connectivity index (χ2v) is 14.0. The van der Waals surface area contributed by atoms with Crippen molar-refractivity contribution in [2.45, 2.75) is 0 Å². The maximum atomic E-state index is 6.71. The van der Waals surface area contributed by atoms with Crippen molar-refractivity contribution in [3.8, 4) is 56.4 Å². The third kappa shape index (κ3) is 5.34. The van der Waals surface area contributed by atoms with Crippen LogP contribution in [0.5, 0.6) is 0 Å². The van der Waals surface area contributed by atoms with Crippen LogP contribution >= 0.6 is 0 Å². The van der Waals surface area contributed by atoms with E-state index in [2.05, 4.69) is 176 Å². The van der Waals surface area contributed by atoms with Crippen LogP contribution < -0.4 is 0 Å². The summed E-state index contributed by atoms with van der Waals surface area (Å²) in [5.74, 6) is 1.82. The van der Waals surface area contributed by atoms with Crippen molar-refractivity contribution in [3.05, 3.63) is 188 Å². The monoisotopic (exact) mass is 701 g/mol. The predicted molar refractivity (Wildman–Crippen MR) is 227 cm³/mol. The zero-order chi connectivity index (χ0) is 36.3. The molecule has 0 N–H and O–H groups in total. The number of fused-ring (bicyclic) bond motifs is 7. The van der Waals surface area contributed by atoms with Crippen LogP contribution in [0.25, 0.3) is 111 Å². The molecule has 9 aromatic carbocycles. The quantitative estimate of drug-likeness (QED) is 0.179. The van der Waals surface area contributed by atoms with Crippen LogP contribution in [0.15, 0.2) is 192 Å². The molecule has 4 heteroatoms. The highest BCUT2D eigenvalue weighted by Crippen LogP contribution is 2.43. The van der Waals surface area contributed by atoms with Crippen LogP contribution in [0, 0.1) is 0 Å². The van der Waals surface area contributed by atoms with Crippen LogP contribution in [0.1, 0.15) is 0 Å². The number of nitrogens with zero attached hydrogens (tertiary/aromatic N) is 3. The molecule has 0 atom stereocenters.